The fourth-order valence-electron chi connectivity index (χ4n) is 6.47. The lowest BCUT2D eigenvalue weighted by atomic mass is 9.74. The normalized spacial score (nSPS) is 26.8. The number of hydrogen-bond donors (Lipinski definition) is 1. The quantitative estimate of drug-likeness (QED) is 0.328. The van der Waals surface area contributed by atoms with Gasteiger partial charge in [-0.3, -0.25) is 14.6 Å². The van der Waals surface area contributed by atoms with E-state index in [9.17, 15) is 9.59 Å². The molecule has 36 heavy (non-hydrogen) atoms. The number of nitrogens with one attached hydrogen (secondary N) is 1. The number of carbonyl (C=O) groups is 2. The molecular formula is C28H37BrN4O3. The number of quaternary nitrogens is 1. The maximum Gasteiger partial charge on any atom is 0.317 e. The Kier molecular flexibility index (Phi) is 8.45. The lowest BCUT2D eigenvalue weighted by Crippen LogP contribution is -3.00. The predicted octanol–water partition coefficient (Wildman–Crippen LogP) is 1.17. The fraction of sp³-hybridized carbons (Fsp3) is 0.571. The van der Waals surface area contributed by atoms with Crippen LogP contribution in [0, 0.1) is 12.8 Å². The van der Waals surface area contributed by atoms with Gasteiger partial charge in [-0.2, -0.15) is 0 Å². The first kappa shape index (κ1) is 26.7. The Balaban J connectivity index is 0.00000304. The summed E-state index contributed by atoms with van der Waals surface area (Å²) in [7, 11) is 0. The number of fused-ring (bicyclic) bond motifs is 3. The van der Waals surface area contributed by atoms with Gasteiger partial charge >= 0.3 is 5.97 Å². The zero-order chi connectivity index (χ0) is 24.3. The monoisotopic (exact) mass is 556 g/mol. The number of amides is 1. The third kappa shape index (κ3) is 5.65. The number of anilines is 1. The van der Waals surface area contributed by atoms with Crippen LogP contribution in [0.3, 0.4) is 0 Å². The van der Waals surface area contributed by atoms with E-state index in [-0.39, 0.29) is 35.0 Å². The molecule has 194 valence electrons. The van der Waals surface area contributed by atoms with Crippen molar-refractivity contribution >= 4 is 17.7 Å². The van der Waals surface area contributed by atoms with Crippen LogP contribution < -0.4 is 22.3 Å². The lowest BCUT2D eigenvalue weighted by molar-refractivity contribution is -0.939. The van der Waals surface area contributed by atoms with E-state index < -0.39 is 5.41 Å². The Bertz CT molecular complexity index is 1030. The van der Waals surface area contributed by atoms with Crippen molar-refractivity contribution in [3.05, 3.63) is 54.0 Å². The van der Waals surface area contributed by atoms with Crippen LogP contribution in [0.4, 0.5) is 5.82 Å². The summed E-state index contributed by atoms with van der Waals surface area (Å²) in [5, 5.41) is 2.90. The van der Waals surface area contributed by atoms with E-state index in [4.69, 9.17) is 4.74 Å². The van der Waals surface area contributed by atoms with Gasteiger partial charge in [0.25, 0.3) is 5.91 Å². The molecule has 1 saturated carbocycles. The van der Waals surface area contributed by atoms with Gasteiger partial charge in [0.1, 0.15) is 6.54 Å². The molecule has 2 bridgehead atoms. The molecule has 8 heteroatoms. The van der Waals surface area contributed by atoms with Crippen molar-refractivity contribution in [2.45, 2.75) is 69.8 Å². The van der Waals surface area contributed by atoms with E-state index >= 15 is 0 Å². The summed E-state index contributed by atoms with van der Waals surface area (Å²) in [6.07, 6.45) is 11.3. The number of benzene rings is 1. The van der Waals surface area contributed by atoms with Crippen molar-refractivity contribution < 1.29 is 35.8 Å². The minimum Gasteiger partial charge on any atom is -1.00 e. The highest BCUT2D eigenvalue weighted by molar-refractivity contribution is 5.90. The number of hydrogen-bond acceptors (Lipinski definition) is 5. The van der Waals surface area contributed by atoms with Gasteiger partial charge in [-0.25, -0.2) is 4.98 Å². The highest BCUT2D eigenvalue weighted by Crippen LogP contribution is 2.42. The number of halogens is 1. The number of aryl methyl sites for hydroxylation is 1. The van der Waals surface area contributed by atoms with Gasteiger partial charge in [0.05, 0.1) is 36.6 Å². The topological polar surface area (TPSA) is 81.2 Å². The summed E-state index contributed by atoms with van der Waals surface area (Å²) in [6, 6.07) is 10.3. The summed E-state index contributed by atoms with van der Waals surface area (Å²) < 4.78 is 7.09. The number of esters is 1. The first-order chi connectivity index (χ1) is 17.0. The summed E-state index contributed by atoms with van der Waals surface area (Å²) in [5.74, 6) is 0.760. The molecule has 4 aliphatic rings. The van der Waals surface area contributed by atoms with Crippen LogP contribution in [-0.4, -0.2) is 58.6 Å². The molecule has 0 unspecified atom stereocenters. The Labute approximate surface area is 224 Å². The van der Waals surface area contributed by atoms with Gasteiger partial charge < -0.3 is 31.5 Å². The average Bonchev–Trinajstić information content (AvgIpc) is 3.14. The van der Waals surface area contributed by atoms with Crippen molar-refractivity contribution in [2.75, 3.05) is 31.5 Å². The molecule has 1 aromatic carbocycles. The maximum absolute atomic E-state index is 13.9. The van der Waals surface area contributed by atoms with Gasteiger partial charge in [-0.15, -0.1) is 0 Å². The van der Waals surface area contributed by atoms with Crippen molar-refractivity contribution in [1.82, 2.24) is 9.97 Å². The van der Waals surface area contributed by atoms with E-state index in [1.165, 1.54) is 12.8 Å². The Morgan fingerprint density at radius 2 is 1.72 bits per heavy atom. The molecule has 3 aliphatic heterocycles. The molecule has 7 nitrogen and oxygen atoms in total. The van der Waals surface area contributed by atoms with E-state index in [0.29, 0.717) is 29.3 Å². The SMILES string of the molecule is Cc1cnc(NC(=O)C[N+]23CCC(CC2)[C@@H](OC(=O)C2(c4ccccc4)CCCCCC2)C3)cn1.[Br-]. The molecule has 4 heterocycles. The number of piperidine rings is 3. The fourth-order valence-corrected chi connectivity index (χ4v) is 6.47. The van der Waals surface area contributed by atoms with Gasteiger partial charge in [-0.05, 0) is 25.3 Å². The Morgan fingerprint density at radius 3 is 2.36 bits per heavy atom. The van der Waals surface area contributed by atoms with E-state index in [2.05, 4.69) is 27.4 Å². The maximum atomic E-state index is 13.9. The lowest BCUT2D eigenvalue weighted by Gasteiger charge is -2.52. The summed E-state index contributed by atoms with van der Waals surface area (Å²) in [6.45, 7) is 4.87. The molecule has 1 aliphatic carbocycles. The standard InChI is InChI=1S/C28H36N4O3.BrH/c1-21-17-30-25(18-29-21)31-26(33)20-32-15-11-22(12-16-32)24(19-32)35-27(34)28(13-7-2-3-8-14-28)23-9-5-4-6-10-23;/h4-6,9-10,17-18,22,24H,2-3,7-8,11-16,19-20H2,1H3;1H/t22?,24-,32?;/m0./s1. The third-order valence-corrected chi connectivity index (χ3v) is 8.50. The molecule has 4 fully saturated rings. The average molecular weight is 558 g/mol. The van der Waals surface area contributed by atoms with Crippen LogP contribution in [-0.2, 0) is 19.7 Å². The third-order valence-electron chi connectivity index (χ3n) is 8.50. The number of aromatic nitrogens is 2. The number of nitrogens with zero attached hydrogens (tertiary/aromatic N) is 3. The smallest absolute Gasteiger partial charge is 0.317 e. The van der Waals surface area contributed by atoms with Crippen LogP contribution >= 0.6 is 0 Å². The molecule has 0 radical (unpaired) electrons. The van der Waals surface area contributed by atoms with Crippen LogP contribution in [0.1, 0.15) is 62.6 Å². The second kappa shape index (κ2) is 11.4. The van der Waals surface area contributed by atoms with Crippen molar-refractivity contribution in [2.24, 2.45) is 5.92 Å². The zero-order valence-electron chi connectivity index (χ0n) is 21.1. The van der Waals surface area contributed by atoms with E-state index in [1.54, 1.807) is 12.4 Å². The predicted molar refractivity (Wildman–Crippen MR) is 134 cm³/mol. The molecule has 1 N–H and O–H groups in total. The van der Waals surface area contributed by atoms with E-state index in [0.717, 1.165) is 62.9 Å². The highest BCUT2D eigenvalue weighted by atomic mass is 79.9. The molecule has 2 aromatic rings. The molecular weight excluding hydrogens is 520 g/mol. The number of ether oxygens (including phenoxy) is 1. The number of carbonyl (C=O) groups excluding carboxylic acids is 2. The van der Waals surface area contributed by atoms with Gasteiger partial charge in [0.15, 0.2) is 18.5 Å². The summed E-state index contributed by atoms with van der Waals surface area (Å²) >= 11 is 0. The van der Waals surface area contributed by atoms with Crippen LogP contribution in [0.25, 0.3) is 0 Å². The van der Waals surface area contributed by atoms with Gasteiger partial charge in [0.2, 0.25) is 0 Å². The van der Waals surface area contributed by atoms with Crippen LogP contribution in [0.15, 0.2) is 42.7 Å². The van der Waals surface area contributed by atoms with Crippen LogP contribution in [0.5, 0.6) is 0 Å². The van der Waals surface area contributed by atoms with Gasteiger partial charge in [0, 0.05) is 18.8 Å². The zero-order valence-corrected chi connectivity index (χ0v) is 22.7. The van der Waals surface area contributed by atoms with Crippen molar-refractivity contribution in [3.63, 3.8) is 0 Å². The molecule has 1 atom stereocenters. The summed E-state index contributed by atoms with van der Waals surface area (Å²) in [5.41, 5.74) is 1.36. The molecule has 1 aromatic heterocycles. The molecule has 1 amide bonds. The highest BCUT2D eigenvalue weighted by Gasteiger charge is 2.51. The Hall–Kier alpha value is -2.32. The van der Waals surface area contributed by atoms with Crippen LogP contribution in [0.2, 0.25) is 0 Å². The minimum absolute atomic E-state index is 0. The first-order valence-electron chi connectivity index (χ1n) is 13.2. The van der Waals surface area contributed by atoms with Gasteiger partial charge in [-0.1, -0.05) is 56.0 Å². The molecule has 3 saturated heterocycles. The summed E-state index contributed by atoms with van der Waals surface area (Å²) in [4.78, 5) is 35.2. The second-order valence-corrected chi connectivity index (χ2v) is 10.9. The van der Waals surface area contributed by atoms with Crippen molar-refractivity contribution in [1.29, 1.82) is 0 Å². The second-order valence-electron chi connectivity index (χ2n) is 10.9. The van der Waals surface area contributed by atoms with Crippen molar-refractivity contribution in [3.8, 4) is 0 Å². The molecule has 6 rings (SSSR count). The number of rotatable bonds is 6. The molecule has 0 spiro atoms. The Morgan fingerprint density at radius 1 is 1.03 bits per heavy atom. The minimum atomic E-state index is -0.546. The first-order valence-corrected chi connectivity index (χ1v) is 13.2. The van der Waals surface area contributed by atoms with E-state index in [1.807, 2.05) is 25.1 Å². The largest absolute Gasteiger partial charge is 1.00 e.